The first kappa shape index (κ1) is 32.0. The van der Waals surface area contributed by atoms with E-state index in [1.54, 1.807) is 0 Å². The van der Waals surface area contributed by atoms with Crippen molar-refractivity contribution in [1.82, 2.24) is 45.0 Å². The number of nitrogens with zero attached hydrogens (tertiary/aromatic N) is 12. The number of methoxy groups -OCH3 is 4. The molecule has 0 unspecified atom stereocenters. The fourth-order valence-electron chi connectivity index (χ4n) is 3.02. The van der Waals surface area contributed by atoms with E-state index in [0.29, 0.717) is 9.36 Å². The molecule has 0 aliphatic heterocycles. The van der Waals surface area contributed by atoms with Gasteiger partial charge in [-0.15, -0.1) is 10.2 Å². The zero-order valence-electron chi connectivity index (χ0n) is 21.9. The topological polar surface area (TPSA) is 306 Å². The zero-order chi connectivity index (χ0) is 31.7. The van der Waals surface area contributed by atoms with E-state index in [4.69, 9.17) is 0 Å². The zero-order valence-corrected chi connectivity index (χ0v) is 21.9. The van der Waals surface area contributed by atoms with E-state index < -0.39 is 88.4 Å². The summed E-state index contributed by atoms with van der Waals surface area (Å²) >= 11 is 0. The summed E-state index contributed by atoms with van der Waals surface area (Å²) in [6.07, 6.45) is 0. The lowest BCUT2D eigenvalue weighted by Crippen LogP contribution is -2.50. The molecule has 2 heterocycles. The largest absolute Gasteiger partial charge is 0.464 e. The minimum Gasteiger partial charge on any atom is -0.464 e. The Labute approximate surface area is 231 Å². The Kier molecular flexibility index (Phi) is 10.4. The number of hydrogen-bond acceptors (Lipinski definition) is 18. The van der Waals surface area contributed by atoms with E-state index in [1.165, 1.54) is 0 Å². The van der Waals surface area contributed by atoms with Gasteiger partial charge in [0.05, 0.1) is 28.4 Å². The van der Waals surface area contributed by atoms with Gasteiger partial charge in [0.1, 0.15) is 0 Å². The normalized spacial score (nSPS) is 10.3. The molecule has 26 heteroatoms. The lowest BCUT2D eigenvalue weighted by Gasteiger charge is -2.22. The van der Waals surface area contributed by atoms with Crippen molar-refractivity contribution >= 4 is 23.9 Å². The third kappa shape index (κ3) is 7.04. The number of hydrogen-bond donors (Lipinski definition) is 0. The highest BCUT2D eigenvalue weighted by Crippen LogP contribution is 2.13. The summed E-state index contributed by atoms with van der Waals surface area (Å²) in [5.74, 6) is -4.74. The second kappa shape index (κ2) is 13.7. The Hall–Kier alpha value is -6.24. The molecule has 0 spiro atoms. The predicted octanol–water partition coefficient (Wildman–Crippen LogP) is -2.97. The third-order valence-electron chi connectivity index (χ3n) is 4.93. The molecule has 2 aromatic rings. The molecule has 0 aliphatic carbocycles. The van der Waals surface area contributed by atoms with Gasteiger partial charge in [-0.2, -0.15) is 0 Å². The van der Waals surface area contributed by atoms with Crippen LogP contribution >= 0.6 is 0 Å². The van der Waals surface area contributed by atoms with Gasteiger partial charge in [0.2, 0.25) is 24.7 Å². The van der Waals surface area contributed by atoms with E-state index in [1.807, 2.05) is 0 Å². The predicted molar refractivity (Wildman–Crippen MR) is 122 cm³/mol. The van der Waals surface area contributed by atoms with E-state index >= 15 is 0 Å². The van der Waals surface area contributed by atoms with Crippen molar-refractivity contribution in [2.75, 3.05) is 41.8 Å². The van der Waals surface area contributed by atoms with Gasteiger partial charge in [0, 0.05) is 0 Å². The van der Waals surface area contributed by atoms with Crippen LogP contribution in [-0.4, -0.2) is 126 Å². The second-order valence-corrected chi connectivity index (χ2v) is 7.34. The minimum absolute atomic E-state index is 0.00246. The van der Waals surface area contributed by atoms with Crippen molar-refractivity contribution in [3.8, 4) is 0 Å². The quantitative estimate of drug-likeness (QED) is 0.0643. The summed E-state index contributed by atoms with van der Waals surface area (Å²) in [6.45, 7) is -4.68. The standard InChI is InChI=1S/C16H20N12O14/c1-39-13(29)9-11(15(31)41-3)24(19-17-9)7-22(27(35)36)5-21(26(33)34)6-23(28(37)38)8-25-12(16(32)42-4)10(18-20-25)14(30)40-2/h5-8H2,1-4H3. The van der Waals surface area contributed by atoms with Gasteiger partial charge in [-0.1, -0.05) is 25.5 Å². The molecule has 0 fully saturated rings. The van der Waals surface area contributed by atoms with E-state index in [2.05, 4.69) is 39.6 Å². The van der Waals surface area contributed by atoms with Gasteiger partial charge in [-0.25, -0.2) is 58.9 Å². The molecular weight excluding hydrogens is 584 g/mol. The van der Waals surface area contributed by atoms with Gasteiger partial charge in [0.15, 0.2) is 39.8 Å². The van der Waals surface area contributed by atoms with Crippen LogP contribution in [0.25, 0.3) is 0 Å². The SMILES string of the molecule is COC(=O)c1nnn(CN(CN(CN(Cn2nnc(C(=O)OC)c2C(=O)OC)[N+](=O)[O-])[N+](=O)[O-])[N+](=O)[O-])c1C(=O)OC. The molecule has 0 amide bonds. The Balaban J connectivity index is 2.39. The summed E-state index contributed by atoms with van der Waals surface area (Å²) in [7, 11) is 3.74. The number of ether oxygens (including phenoxy) is 4. The monoisotopic (exact) mass is 604 g/mol. The fourth-order valence-corrected chi connectivity index (χ4v) is 3.02. The lowest BCUT2D eigenvalue weighted by atomic mass is 10.3. The van der Waals surface area contributed by atoms with Gasteiger partial charge in [0.25, 0.3) is 0 Å². The molecule has 0 radical (unpaired) electrons. The van der Waals surface area contributed by atoms with Crippen molar-refractivity contribution in [1.29, 1.82) is 0 Å². The van der Waals surface area contributed by atoms with Gasteiger partial charge in [-0.05, 0) is 0 Å². The van der Waals surface area contributed by atoms with E-state index in [0.717, 1.165) is 28.4 Å². The molecule has 0 bridgehead atoms. The summed E-state index contributed by atoms with van der Waals surface area (Å²) in [5, 5.41) is 45.5. The van der Waals surface area contributed by atoms with Gasteiger partial charge < -0.3 is 18.9 Å². The van der Waals surface area contributed by atoms with Crippen molar-refractivity contribution in [2.45, 2.75) is 13.3 Å². The number of hydrazine groups is 3. The number of aromatic nitrogens is 6. The minimum atomic E-state index is -1.28. The molecule has 2 rings (SSSR count). The van der Waals surface area contributed by atoms with Crippen molar-refractivity contribution < 1.29 is 53.2 Å². The van der Waals surface area contributed by atoms with Crippen LogP contribution in [-0.2, 0) is 32.3 Å². The van der Waals surface area contributed by atoms with Crippen LogP contribution in [0.3, 0.4) is 0 Å². The van der Waals surface area contributed by atoms with Crippen LogP contribution in [0, 0.1) is 30.3 Å². The molecule has 0 saturated heterocycles. The molecule has 26 nitrogen and oxygen atoms in total. The Bertz CT molecular complexity index is 1290. The fraction of sp³-hybridized carbons (Fsp3) is 0.500. The van der Waals surface area contributed by atoms with Gasteiger partial charge in [-0.3, -0.25) is 0 Å². The number of carbonyl (C=O) groups is 4. The van der Waals surface area contributed by atoms with Crippen LogP contribution in [0.1, 0.15) is 42.0 Å². The molecule has 2 aromatic heterocycles. The first-order valence-electron chi connectivity index (χ1n) is 10.7. The van der Waals surface area contributed by atoms with Crippen molar-refractivity contribution in [3.05, 3.63) is 53.1 Å². The van der Waals surface area contributed by atoms with Crippen LogP contribution in [0.4, 0.5) is 0 Å². The maximum Gasteiger partial charge on any atom is 0.361 e. The number of carbonyl (C=O) groups excluding carboxylic acids is 4. The number of esters is 4. The molecule has 228 valence electrons. The van der Waals surface area contributed by atoms with Crippen LogP contribution in [0.2, 0.25) is 0 Å². The maximum absolute atomic E-state index is 12.2. The summed E-state index contributed by atoms with van der Waals surface area (Å²) in [5.41, 5.74) is -2.75. The molecule has 42 heavy (non-hydrogen) atoms. The highest BCUT2D eigenvalue weighted by molar-refractivity contribution is 6.01. The van der Waals surface area contributed by atoms with Crippen molar-refractivity contribution in [3.63, 3.8) is 0 Å². The summed E-state index contributed by atoms with van der Waals surface area (Å²) in [6, 6.07) is 0. The van der Waals surface area contributed by atoms with Crippen LogP contribution in [0.15, 0.2) is 0 Å². The van der Waals surface area contributed by atoms with Crippen LogP contribution < -0.4 is 0 Å². The summed E-state index contributed by atoms with van der Waals surface area (Å²) < 4.78 is 19.0. The Morgan fingerprint density at radius 2 is 0.929 bits per heavy atom. The third-order valence-corrected chi connectivity index (χ3v) is 4.93. The average Bonchev–Trinajstić information content (AvgIpc) is 3.58. The van der Waals surface area contributed by atoms with Crippen LogP contribution in [0.5, 0.6) is 0 Å². The highest BCUT2D eigenvalue weighted by atomic mass is 16.7. The van der Waals surface area contributed by atoms with Gasteiger partial charge >= 0.3 is 23.9 Å². The maximum atomic E-state index is 12.2. The Morgan fingerprint density at radius 3 is 1.19 bits per heavy atom. The van der Waals surface area contributed by atoms with Crippen molar-refractivity contribution in [2.24, 2.45) is 0 Å². The molecule has 0 atom stereocenters. The lowest BCUT2D eigenvalue weighted by molar-refractivity contribution is -0.741. The Morgan fingerprint density at radius 1 is 0.619 bits per heavy atom. The first-order chi connectivity index (χ1) is 19.8. The average molecular weight is 604 g/mol. The summed E-state index contributed by atoms with van der Waals surface area (Å²) in [4.78, 5) is 83.3. The molecule has 0 saturated carbocycles. The number of rotatable bonds is 15. The smallest absolute Gasteiger partial charge is 0.361 e. The van der Waals surface area contributed by atoms with E-state index in [9.17, 15) is 49.5 Å². The molecule has 0 aromatic carbocycles. The first-order valence-corrected chi connectivity index (χ1v) is 10.7. The second-order valence-electron chi connectivity index (χ2n) is 7.34. The highest BCUT2D eigenvalue weighted by Gasteiger charge is 2.35. The van der Waals surface area contributed by atoms with E-state index in [-0.39, 0.29) is 15.0 Å². The molecular formula is C16H20N12O14. The number of nitro groups is 3. The molecule has 0 N–H and O–H groups in total. The molecule has 0 aliphatic rings.